The number of carbonyl (C=O) groups is 1. The number of rotatable bonds is 7. The molecule has 0 aliphatic carbocycles. The summed E-state index contributed by atoms with van der Waals surface area (Å²) in [5.41, 5.74) is 0.637. The van der Waals surface area contributed by atoms with Crippen LogP contribution in [0, 0.1) is 4.77 Å². The van der Waals surface area contributed by atoms with Crippen LogP contribution in [0.3, 0.4) is 0 Å². The van der Waals surface area contributed by atoms with Gasteiger partial charge >= 0.3 is 6.03 Å². The van der Waals surface area contributed by atoms with E-state index in [1.807, 2.05) is 23.6 Å². The van der Waals surface area contributed by atoms with Crippen molar-refractivity contribution in [1.82, 2.24) is 25.1 Å². The molecule has 0 fully saturated rings. The van der Waals surface area contributed by atoms with Crippen molar-refractivity contribution in [3.8, 4) is 0 Å². The van der Waals surface area contributed by atoms with E-state index in [1.165, 1.54) is 0 Å². The molecule has 2 aromatic heterocycles. The number of urea groups is 1. The third-order valence-electron chi connectivity index (χ3n) is 3.65. The summed E-state index contributed by atoms with van der Waals surface area (Å²) in [6.07, 6.45) is 1.65. The molecule has 3 N–H and O–H groups in total. The SMILES string of the molecule is CCN(CC)c1ccc(NC(=O)NCc2n[nH]c(=S)n2CC)cn1. The molecule has 9 heteroatoms. The van der Waals surface area contributed by atoms with E-state index < -0.39 is 0 Å². The molecule has 0 aliphatic heterocycles. The van der Waals surface area contributed by atoms with Gasteiger partial charge in [0.2, 0.25) is 0 Å². The first kappa shape index (κ1) is 17.9. The summed E-state index contributed by atoms with van der Waals surface area (Å²) in [5.74, 6) is 1.58. The molecule has 0 aliphatic rings. The highest BCUT2D eigenvalue weighted by Crippen LogP contribution is 2.13. The van der Waals surface area contributed by atoms with Crippen molar-refractivity contribution in [3.63, 3.8) is 0 Å². The lowest BCUT2D eigenvalue weighted by atomic mass is 10.3. The Labute approximate surface area is 146 Å². The van der Waals surface area contributed by atoms with Crippen molar-refractivity contribution in [2.45, 2.75) is 33.9 Å². The number of pyridine rings is 1. The number of aromatic amines is 1. The summed E-state index contributed by atoms with van der Waals surface area (Å²) in [4.78, 5) is 18.5. The Kier molecular flexibility index (Phi) is 6.30. The highest BCUT2D eigenvalue weighted by atomic mass is 32.1. The maximum Gasteiger partial charge on any atom is 0.319 e. The molecule has 0 aromatic carbocycles. The Morgan fingerprint density at radius 1 is 1.33 bits per heavy atom. The van der Waals surface area contributed by atoms with Gasteiger partial charge in [0.05, 0.1) is 18.4 Å². The lowest BCUT2D eigenvalue weighted by molar-refractivity contribution is 0.251. The molecular weight excluding hydrogens is 326 g/mol. The topological polar surface area (TPSA) is 90.9 Å². The molecule has 0 radical (unpaired) electrons. The zero-order chi connectivity index (χ0) is 17.5. The first-order valence-corrected chi connectivity index (χ1v) is 8.39. The second-order valence-electron chi connectivity index (χ2n) is 5.07. The third kappa shape index (κ3) is 4.31. The molecule has 2 aromatic rings. The van der Waals surface area contributed by atoms with Crippen LogP contribution in [0.4, 0.5) is 16.3 Å². The molecule has 24 heavy (non-hydrogen) atoms. The molecule has 0 saturated carbocycles. The normalized spacial score (nSPS) is 10.5. The fraction of sp³-hybridized carbons (Fsp3) is 0.467. The number of amides is 2. The molecule has 8 nitrogen and oxygen atoms in total. The molecule has 0 atom stereocenters. The molecule has 0 unspecified atom stereocenters. The van der Waals surface area contributed by atoms with Gasteiger partial charge in [0.1, 0.15) is 5.82 Å². The van der Waals surface area contributed by atoms with E-state index in [0.717, 1.165) is 18.9 Å². The zero-order valence-corrected chi connectivity index (χ0v) is 15.0. The number of anilines is 2. The van der Waals surface area contributed by atoms with Gasteiger partial charge in [-0.1, -0.05) is 0 Å². The van der Waals surface area contributed by atoms with Gasteiger partial charge in [-0.3, -0.25) is 5.10 Å². The number of nitrogens with one attached hydrogen (secondary N) is 3. The van der Waals surface area contributed by atoms with Crippen molar-refractivity contribution >= 4 is 29.8 Å². The zero-order valence-electron chi connectivity index (χ0n) is 14.2. The fourth-order valence-electron chi connectivity index (χ4n) is 2.34. The number of aromatic nitrogens is 4. The average Bonchev–Trinajstić information content (AvgIpc) is 2.95. The van der Waals surface area contributed by atoms with Crippen LogP contribution in [0.2, 0.25) is 0 Å². The van der Waals surface area contributed by atoms with Gasteiger partial charge in [-0.25, -0.2) is 9.78 Å². The lowest BCUT2D eigenvalue weighted by Crippen LogP contribution is -2.29. The molecule has 0 saturated heterocycles. The van der Waals surface area contributed by atoms with Crippen LogP contribution in [0.1, 0.15) is 26.6 Å². The van der Waals surface area contributed by atoms with Crippen LogP contribution in [-0.2, 0) is 13.1 Å². The smallest absolute Gasteiger partial charge is 0.319 e. The van der Waals surface area contributed by atoms with Gasteiger partial charge in [-0.15, -0.1) is 0 Å². The maximum atomic E-state index is 12.0. The molecule has 2 rings (SSSR count). The van der Waals surface area contributed by atoms with Crippen LogP contribution in [0.15, 0.2) is 18.3 Å². The quantitative estimate of drug-likeness (QED) is 0.668. The fourth-order valence-corrected chi connectivity index (χ4v) is 2.62. The van der Waals surface area contributed by atoms with Gasteiger partial charge < -0.3 is 20.1 Å². The third-order valence-corrected chi connectivity index (χ3v) is 3.97. The van der Waals surface area contributed by atoms with E-state index in [9.17, 15) is 4.79 Å². The number of carbonyl (C=O) groups excluding carboxylic acids is 1. The Bertz CT molecular complexity index is 718. The minimum Gasteiger partial charge on any atom is -0.357 e. The predicted molar refractivity (Wildman–Crippen MR) is 96.7 cm³/mol. The van der Waals surface area contributed by atoms with Gasteiger partial charge in [-0.2, -0.15) is 5.10 Å². The van der Waals surface area contributed by atoms with Crippen LogP contribution >= 0.6 is 12.2 Å². The van der Waals surface area contributed by atoms with E-state index in [0.29, 0.717) is 22.8 Å². The molecule has 130 valence electrons. The summed E-state index contributed by atoms with van der Waals surface area (Å²) in [5, 5.41) is 12.3. The molecular formula is C15H23N7OS. The Morgan fingerprint density at radius 3 is 2.67 bits per heavy atom. The summed E-state index contributed by atoms with van der Waals surface area (Å²) >= 11 is 5.11. The Morgan fingerprint density at radius 2 is 2.08 bits per heavy atom. The van der Waals surface area contributed by atoms with Gasteiger partial charge in [0.25, 0.3) is 0 Å². The van der Waals surface area contributed by atoms with E-state index >= 15 is 0 Å². The molecule has 0 spiro atoms. The number of hydrogen-bond donors (Lipinski definition) is 3. The first-order valence-electron chi connectivity index (χ1n) is 7.98. The molecule has 2 amide bonds. The van der Waals surface area contributed by atoms with E-state index in [4.69, 9.17) is 12.2 Å². The van der Waals surface area contributed by atoms with Crippen molar-refractivity contribution < 1.29 is 4.79 Å². The average molecular weight is 349 g/mol. The van der Waals surface area contributed by atoms with Crippen molar-refractivity contribution in [2.75, 3.05) is 23.3 Å². The Balaban J connectivity index is 1.91. The monoisotopic (exact) mass is 349 g/mol. The second-order valence-corrected chi connectivity index (χ2v) is 5.46. The molecule has 0 bridgehead atoms. The Hall–Kier alpha value is -2.42. The van der Waals surface area contributed by atoms with Crippen LogP contribution in [0.25, 0.3) is 0 Å². The van der Waals surface area contributed by atoms with Crippen LogP contribution in [0.5, 0.6) is 0 Å². The predicted octanol–water partition coefficient (Wildman–Crippen LogP) is 2.52. The minimum atomic E-state index is -0.316. The number of hydrogen-bond acceptors (Lipinski definition) is 5. The summed E-state index contributed by atoms with van der Waals surface area (Å²) in [7, 11) is 0. The van der Waals surface area contributed by atoms with Crippen molar-refractivity contribution in [3.05, 3.63) is 28.9 Å². The lowest BCUT2D eigenvalue weighted by Gasteiger charge is -2.19. The summed E-state index contributed by atoms with van der Waals surface area (Å²) in [6.45, 7) is 8.90. The highest BCUT2D eigenvalue weighted by Gasteiger charge is 2.08. The highest BCUT2D eigenvalue weighted by molar-refractivity contribution is 7.71. The summed E-state index contributed by atoms with van der Waals surface area (Å²) < 4.78 is 2.38. The van der Waals surface area contributed by atoms with Crippen LogP contribution in [-0.4, -0.2) is 38.9 Å². The number of nitrogens with zero attached hydrogens (tertiary/aromatic N) is 4. The number of H-pyrrole nitrogens is 1. The van der Waals surface area contributed by atoms with Gasteiger partial charge in [0, 0.05) is 19.6 Å². The van der Waals surface area contributed by atoms with Gasteiger partial charge in [-0.05, 0) is 45.1 Å². The van der Waals surface area contributed by atoms with E-state index in [2.05, 4.69) is 44.6 Å². The van der Waals surface area contributed by atoms with Gasteiger partial charge in [0.15, 0.2) is 10.6 Å². The van der Waals surface area contributed by atoms with E-state index in [-0.39, 0.29) is 12.6 Å². The standard InChI is InChI=1S/C15H23N7OS/c1-4-21(5-2)12-8-7-11(9-16-12)18-14(23)17-10-13-19-20-15(24)22(13)6-3/h7-9H,4-6,10H2,1-3H3,(H,20,24)(H2,17,18,23). The van der Waals surface area contributed by atoms with Crippen LogP contribution < -0.4 is 15.5 Å². The largest absolute Gasteiger partial charge is 0.357 e. The maximum absolute atomic E-state index is 12.0. The summed E-state index contributed by atoms with van der Waals surface area (Å²) in [6, 6.07) is 3.41. The molecule has 2 heterocycles. The first-order chi connectivity index (χ1) is 11.6. The second kappa shape index (κ2) is 8.44. The van der Waals surface area contributed by atoms with Crippen molar-refractivity contribution in [1.29, 1.82) is 0 Å². The van der Waals surface area contributed by atoms with Crippen molar-refractivity contribution in [2.24, 2.45) is 0 Å². The minimum absolute atomic E-state index is 0.289. The van der Waals surface area contributed by atoms with E-state index in [1.54, 1.807) is 6.20 Å².